The first kappa shape index (κ1) is 12.8. The van der Waals surface area contributed by atoms with Gasteiger partial charge in [0.05, 0.1) is 4.88 Å². The van der Waals surface area contributed by atoms with Gasteiger partial charge in [-0.2, -0.15) is 0 Å². The summed E-state index contributed by atoms with van der Waals surface area (Å²) >= 11 is 7.18. The summed E-state index contributed by atoms with van der Waals surface area (Å²) in [6.07, 6.45) is 0. The fraction of sp³-hybridized carbons (Fsp3) is 0.0769. The van der Waals surface area contributed by atoms with Crippen molar-refractivity contribution in [3.05, 3.63) is 51.2 Å². The van der Waals surface area contributed by atoms with Crippen molar-refractivity contribution in [1.82, 2.24) is 0 Å². The van der Waals surface area contributed by atoms with E-state index in [1.165, 1.54) is 11.3 Å². The van der Waals surface area contributed by atoms with E-state index in [1.54, 1.807) is 35.7 Å². The maximum absolute atomic E-state index is 11.7. The summed E-state index contributed by atoms with van der Waals surface area (Å²) in [4.78, 5) is 23.9. The number of carbonyl (C=O) groups excluding carboxylic acids is 2. The number of hydrogen-bond acceptors (Lipinski definition) is 3. The summed E-state index contributed by atoms with van der Waals surface area (Å²) in [7, 11) is 0. The van der Waals surface area contributed by atoms with Crippen LogP contribution in [0.3, 0.4) is 0 Å². The maximum Gasteiger partial charge on any atom is 0.297 e. The lowest BCUT2D eigenvalue weighted by atomic mass is 10.2. The van der Waals surface area contributed by atoms with Crippen LogP contribution in [-0.2, 0) is 4.79 Å². The molecule has 1 amide bonds. The lowest BCUT2D eigenvalue weighted by Gasteiger charge is -2.05. The monoisotopic (exact) mass is 279 g/mol. The van der Waals surface area contributed by atoms with E-state index in [9.17, 15) is 9.59 Å². The molecule has 0 atom stereocenters. The Morgan fingerprint density at radius 2 is 2.06 bits per heavy atom. The lowest BCUT2D eigenvalue weighted by Crippen LogP contribution is -2.21. The third-order valence-electron chi connectivity index (χ3n) is 2.38. The van der Waals surface area contributed by atoms with Crippen molar-refractivity contribution in [1.29, 1.82) is 0 Å². The Labute approximate surface area is 113 Å². The first-order valence-electron chi connectivity index (χ1n) is 5.23. The second-order valence-electron chi connectivity index (χ2n) is 3.72. The van der Waals surface area contributed by atoms with Gasteiger partial charge in [-0.25, -0.2) is 0 Å². The van der Waals surface area contributed by atoms with E-state index < -0.39 is 11.7 Å². The Bertz CT molecular complexity index is 593. The summed E-state index contributed by atoms with van der Waals surface area (Å²) in [5.41, 5.74) is 1.43. The summed E-state index contributed by atoms with van der Waals surface area (Å²) in [5.74, 6) is -1.20. The second-order valence-corrected chi connectivity index (χ2v) is 5.08. The molecule has 1 aromatic heterocycles. The van der Waals surface area contributed by atoms with Crippen LogP contribution in [0.25, 0.3) is 0 Å². The van der Waals surface area contributed by atoms with Crippen LogP contribution in [0.2, 0.25) is 5.02 Å². The molecule has 0 saturated heterocycles. The molecule has 0 unspecified atom stereocenters. The molecule has 0 saturated carbocycles. The van der Waals surface area contributed by atoms with Gasteiger partial charge in [0.1, 0.15) is 0 Å². The van der Waals surface area contributed by atoms with Crippen LogP contribution in [0, 0.1) is 6.92 Å². The minimum absolute atomic E-state index is 0.422. The lowest BCUT2D eigenvalue weighted by molar-refractivity contribution is -0.112. The maximum atomic E-state index is 11.7. The smallest absolute Gasteiger partial charge is 0.297 e. The topological polar surface area (TPSA) is 46.2 Å². The highest BCUT2D eigenvalue weighted by atomic mass is 35.5. The van der Waals surface area contributed by atoms with Crippen LogP contribution in [0.5, 0.6) is 0 Å². The van der Waals surface area contributed by atoms with Gasteiger partial charge in [0, 0.05) is 10.7 Å². The fourth-order valence-electron chi connectivity index (χ4n) is 1.38. The molecule has 5 heteroatoms. The summed E-state index contributed by atoms with van der Waals surface area (Å²) in [6, 6.07) is 8.47. The van der Waals surface area contributed by atoms with Gasteiger partial charge in [0.15, 0.2) is 0 Å². The molecule has 1 N–H and O–H groups in total. The van der Waals surface area contributed by atoms with Crippen LogP contribution in [0.1, 0.15) is 15.2 Å². The average Bonchev–Trinajstić information content (AvgIpc) is 2.86. The van der Waals surface area contributed by atoms with E-state index >= 15 is 0 Å². The number of carbonyl (C=O) groups is 2. The number of nitrogens with one attached hydrogen (secondary N) is 1. The number of thiophene rings is 1. The second kappa shape index (κ2) is 5.33. The quantitative estimate of drug-likeness (QED) is 0.690. The Morgan fingerprint density at radius 1 is 1.28 bits per heavy atom. The van der Waals surface area contributed by atoms with Crippen molar-refractivity contribution in [3.63, 3.8) is 0 Å². The van der Waals surface area contributed by atoms with Crippen molar-refractivity contribution >= 4 is 40.3 Å². The van der Waals surface area contributed by atoms with E-state index in [4.69, 9.17) is 11.6 Å². The number of aryl methyl sites for hydroxylation is 1. The summed E-state index contributed by atoms with van der Waals surface area (Å²) < 4.78 is 0. The predicted molar refractivity (Wildman–Crippen MR) is 73.5 cm³/mol. The first-order valence-corrected chi connectivity index (χ1v) is 6.49. The molecule has 0 aliphatic rings. The molecule has 92 valence electrons. The van der Waals surface area contributed by atoms with Crippen LogP contribution < -0.4 is 5.32 Å². The number of Topliss-reactive ketones (excluding diaryl/α,β-unsaturated/α-hetero) is 1. The molecule has 1 heterocycles. The predicted octanol–water partition coefficient (Wildman–Crippen LogP) is 3.53. The molecule has 18 heavy (non-hydrogen) atoms. The Hall–Kier alpha value is -1.65. The van der Waals surface area contributed by atoms with Gasteiger partial charge in [-0.1, -0.05) is 23.7 Å². The Kier molecular flexibility index (Phi) is 3.79. The molecular formula is C13H10ClNO2S. The van der Waals surface area contributed by atoms with Gasteiger partial charge in [-0.05, 0) is 36.1 Å². The molecule has 2 aromatic rings. The van der Waals surface area contributed by atoms with E-state index in [1.807, 2.05) is 6.92 Å². The van der Waals surface area contributed by atoms with Crippen molar-refractivity contribution < 1.29 is 9.59 Å². The molecule has 0 aliphatic carbocycles. The van der Waals surface area contributed by atoms with Gasteiger partial charge >= 0.3 is 0 Å². The van der Waals surface area contributed by atoms with Gasteiger partial charge < -0.3 is 5.32 Å². The molecule has 0 bridgehead atoms. The molecule has 0 spiro atoms. The van der Waals surface area contributed by atoms with Gasteiger partial charge in [-0.15, -0.1) is 11.3 Å². The summed E-state index contributed by atoms with van der Waals surface area (Å²) in [5, 5.41) is 4.84. The highest BCUT2D eigenvalue weighted by Gasteiger charge is 2.17. The van der Waals surface area contributed by atoms with Gasteiger partial charge in [-0.3, -0.25) is 9.59 Å². The molecule has 1 aromatic carbocycles. The molecule has 3 nitrogen and oxygen atoms in total. The molecule has 0 fully saturated rings. The van der Waals surface area contributed by atoms with Gasteiger partial charge in [0.25, 0.3) is 11.7 Å². The van der Waals surface area contributed by atoms with E-state index in [0.717, 1.165) is 5.56 Å². The summed E-state index contributed by atoms with van der Waals surface area (Å²) in [6.45, 7) is 1.87. The van der Waals surface area contributed by atoms with Crippen LogP contribution >= 0.6 is 22.9 Å². The van der Waals surface area contributed by atoms with E-state index in [-0.39, 0.29) is 0 Å². The molecule has 0 aliphatic heterocycles. The average molecular weight is 280 g/mol. The number of hydrogen-bond donors (Lipinski definition) is 1. The standard InChI is InChI=1S/C13H10ClNO2S/c1-8-4-5-9(7-10(8)14)15-13(17)12(16)11-3-2-6-18-11/h2-7H,1H3,(H,15,17). The number of halogens is 1. The number of anilines is 1. The third kappa shape index (κ3) is 2.78. The highest BCUT2D eigenvalue weighted by Crippen LogP contribution is 2.20. The van der Waals surface area contributed by atoms with Gasteiger partial charge in [0.2, 0.25) is 0 Å². The minimum atomic E-state index is -0.655. The number of rotatable bonds is 3. The normalized spacial score (nSPS) is 10.1. The SMILES string of the molecule is Cc1ccc(NC(=O)C(=O)c2cccs2)cc1Cl. The Balaban J connectivity index is 2.12. The largest absolute Gasteiger partial charge is 0.319 e. The van der Waals surface area contributed by atoms with Crippen LogP contribution in [0.4, 0.5) is 5.69 Å². The Morgan fingerprint density at radius 3 is 2.67 bits per heavy atom. The van der Waals surface area contributed by atoms with Crippen LogP contribution in [-0.4, -0.2) is 11.7 Å². The number of amides is 1. The van der Waals surface area contributed by atoms with E-state index in [0.29, 0.717) is 15.6 Å². The molecular weight excluding hydrogens is 270 g/mol. The molecule has 2 rings (SSSR count). The van der Waals surface area contributed by atoms with Crippen molar-refractivity contribution in [2.75, 3.05) is 5.32 Å². The van der Waals surface area contributed by atoms with Crippen LogP contribution in [0.15, 0.2) is 35.7 Å². The fourth-order valence-corrected chi connectivity index (χ4v) is 2.22. The first-order chi connectivity index (χ1) is 8.58. The highest BCUT2D eigenvalue weighted by molar-refractivity contribution is 7.13. The van der Waals surface area contributed by atoms with Crippen molar-refractivity contribution in [3.8, 4) is 0 Å². The molecule has 0 radical (unpaired) electrons. The minimum Gasteiger partial charge on any atom is -0.319 e. The zero-order valence-corrected chi connectivity index (χ0v) is 11.1. The van der Waals surface area contributed by atoms with Crippen molar-refractivity contribution in [2.24, 2.45) is 0 Å². The zero-order valence-electron chi connectivity index (χ0n) is 9.57. The number of benzene rings is 1. The third-order valence-corrected chi connectivity index (χ3v) is 3.66. The zero-order chi connectivity index (χ0) is 13.1. The van der Waals surface area contributed by atoms with E-state index in [2.05, 4.69) is 5.32 Å². The number of ketones is 1. The van der Waals surface area contributed by atoms with Crippen molar-refractivity contribution in [2.45, 2.75) is 6.92 Å².